The summed E-state index contributed by atoms with van der Waals surface area (Å²) in [6, 6.07) is 10.5. The molecule has 0 aliphatic carbocycles. The Balaban J connectivity index is 1.40. The van der Waals surface area contributed by atoms with Crippen LogP contribution in [-0.2, 0) is 11.2 Å². The summed E-state index contributed by atoms with van der Waals surface area (Å²) in [7, 11) is 0. The zero-order valence-electron chi connectivity index (χ0n) is 13.2. The summed E-state index contributed by atoms with van der Waals surface area (Å²) in [5.41, 5.74) is 1.35. The van der Waals surface area contributed by atoms with Gasteiger partial charge in [-0.2, -0.15) is 10.1 Å². The van der Waals surface area contributed by atoms with E-state index in [1.165, 1.54) is 5.56 Å². The van der Waals surface area contributed by atoms with Crippen molar-refractivity contribution >= 4 is 11.8 Å². The molecule has 122 valence electrons. The molecule has 1 unspecified atom stereocenters. The zero-order chi connectivity index (χ0) is 15.7. The lowest BCUT2D eigenvalue weighted by Crippen LogP contribution is -2.19. The topological polar surface area (TPSA) is 72.0 Å². The number of rotatable bonds is 8. The number of nitrogens with zero attached hydrogens (tertiary/aromatic N) is 3. The minimum absolute atomic E-state index is 0.284. The lowest BCUT2D eigenvalue weighted by molar-refractivity contribution is 0.120. The van der Waals surface area contributed by atoms with E-state index in [1.54, 1.807) is 6.20 Å². The molecule has 0 spiro atoms. The van der Waals surface area contributed by atoms with E-state index in [4.69, 9.17) is 4.74 Å². The van der Waals surface area contributed by atoms with Crippen molar-refractivity contribution in [2.75, 3.05) is 30.3 Å². The summed E-state index contributed by atoms with van der Waals surface area (Å²) in [6.45, 7) is 2.46. The van der Waals surface area contributed by atoms with Crippen LogP contribution in [0.3, 0.4) is 0 Å². The highest BCUT2D eigenvalue weighted by Crippen LogP contribution is 2.13. The summed E-state index contributed by atoms with van der Waals surface area (Å²) in [5, 5.41) is 14.5. The lowest BCUT2D eigenvalue weighted by atomic mass is 10.1. The van der Waals surface area contributed by atoms with Crippen LogP contribution in [0.1, 0.15) is 24.8 Å². The first-order valence-electron chi connectivity index (χ1n) is 8.23. The zero-order valence-corrected chi connectivity index (χ0v) is 13.2. The van der Waals surface area contributed by atoms with Gasteiger partial charge in [0, 0.05) is 19.7 Å². The second-order valence-corrected chi connectivity index (χ2v) is 5.70. The molecule has 0 saturated carbocycles. The standard InChI is InChI=1S/C17H23N5O/c1-2-6-14(7-3-1)8-4-10-18-17-21-16(13-20-22-17)19-12-15-9-5-11-23-15/h1-3,6-7,13,15H,4-5,8-12H2,(H2,18,19,21,22). The van der Waals surface area contributed by atoms with Gasteiger partial charge in [-0.05, 0) is 31.2 Å². The Morgan fingerprint density at radius 1 is 1.17 bits per heavy atom. The van der Waals surface area contributed by atoms with Crippen LogP contribution in [0, 0.1) is 0 Å². The molecule has 2 N–H and O–H groups in total. The Morgan fingerprint density at radius 3 is 2.91 bits per heavy atom. The van der Waals surface area contributed by atoms with Crippen molar-refractivity contribution in [1.29, 1.82) is 0 Å². The SMILES string of the molecule is c1ccc(CCCNc2nncc(NCC3CCCO3)n2)cc1. The van der Waals surface area contributed by atoms with Crippen LogP contribution < -0.4 is 10.6 Å². The number of hydrogen-bond acceptors (Lipinski definition) is 6. The van der Waals surface area contributed by atoms with Crippen molar-refractivity contribution in [2.45, 2.75) is 31.8 Å². The molecule has 6 nitrogen and oxygen atoms in total. The fourth-order valence-corrected chi connectivity index (χ4v) is 2.62. The van der Waals surface area contributed by atoms with E-state index in [0.717, 1.165) is 51.2 Å². The molecule has 6 heteroatoms. The average Bonchev–Trinajstić information content (AvgIpc) is 3.12. The van der Waals surface area contributed by atoms with Gasteiger partial charge >= 0.3 is 0 Å². The van der Waals surface area contributed by atoms with Gasteiger partial charge in [0.15, 0.2) is 5.82 Å². The minimum Gasteiger partial charge on any atom is -0.376 e. The number of ether oxygens (including phenoxy) is 1. The van der Waals surface area contributed by atoms with Crippen molar-refractivity contribution < 1.29 is 4.74 Å². The van der Waals surface area contributed by atoms with Gasteiger partial charge in [-0.25, -0.2) is 0 Å². The van der Waals surface area contributed by atoms with E-state index in [9.17, 15) is 0 Å². The van der Waals surface area contributed by atoms with Gasteiger partial charge in [0.05, 0.1) is 12.3 Å². The maximum atomic E-state index is 5.58. The van der Waals surface area contributed by atoms with Crippen LogP contribution in [0.4, 0.5) is 11.8 Å². The van der Waals surface area contributed by atoms with Crippen molar-refractivity contribution in [2.24, 2.45) is 0 Å². The summed E-state index contributed by atoms with van der Waals surface area (Å²) < 4.78 is 5.58. The smallest absolute Gasteiger partial charge is 0.244 e. The Labute approximate surface area is 136 Å². The molecule has 1 atom stereocenters. The van der Waals surface area contributed by atoms with Gasteiger partial charge in [-0.3, -0.25) is 0 Å². The third kappa shape index (κ3) is 5.17. The molecule has 0 bridgehead atoms. The number of hydrogen-bond donors (Lipinski definition) is 2. The van der Waals surface area contributed by atoms with Crippen molar-refractivity contribution in [3.8, 4) is 0 Å². The van der Waals surface area contributed by atoms with E-state index >= 15 is 0 Å². The van der Waals surface area contributed by atoms with E-state index in [-0.39, 0.29) is 6.10 Å². The van der Waals surface area contributed by atoms with Crippen molar-refractivity contribution in [3.63, 3.8) is 0 Å². The molecular formula is C17H23N5O. The number of anilines is 2. The molecule has 1 aliphatic heterocycles. The summed E-state index contributed by atoms with van der Waals surface area (Å²) >= 11 is 0. The molecule has 2 heterocycles. The van der Waals surface area contributed by atoms with Gasteiger partial charge in [0.25, 0.3) is 0 Å². The monoisotopic (exact) mass is 313 g/mol. The molecule has 1 aliphatic rings. The van der Waals surface area contributed by atoms with E-state index in [0.29, 0.717) is 5.95 Å². The van der Waals surface area contributed by atoms with Crippen LogP contribution in [0.2, 0.25) is 0 Å². The van der Waals surface area contributed by atoms with Crippen LogP contribution in [0.5, 0.6) is 0 Å². The maximum absolute atomic E-state index is 5.58. The number of aryl methyl sites for hydroxylation is 1. The fourth-order valence-electron chi connectivity index (χ4n) is 2.62. The quantitative estimate of drug-likeness (QED) is 0.730. The summed E-state index contributed by atoms with van der Waals surface area (Å²) in [5.74, 6) is 1.30. The number of benzene rings is 1. The highest BCUT2D eigenvalue weighted by atomic mass is 16.5. The Bertz CT molecular complexity index is 587. The van der Waals surface area contributed by atoms with Crippen LogP contribution in [-0.4, -0.2) is 41.0 Å². The van der Waals surface area contributed by atoms with Gasteiger partial charge < -0.3 is 15.4 Å². The molecule has 1 saturated heterocycles. The molecule has 2 aromatic rings. The molecule has 0 radical (unpaired) electrons. The fraction of sp³-hybridized carbons (Fsp3) is 0.471. The number of nitrogens with one attached hydrogen (secondary N) is 2. The van der Waals surface area contributed by atoms with Gasteiger partial charge in [0.2, 0.25) is 5.95 Å². The molecule has 0 amide bonds. The Hall–Kier alpha value is -2.21. The normalized spacial score (nSPS) is 17.1. The second-order valence-electron chi connectivity index (χ2n) is 5.70. The predicted molar refractivity (Wildman–Crippen MR) is 90.5 cm³/mol. The summed E-state index contributed by atoms with van der Waals surface area (Å²) in [4.78, 5) is 4.43. The van der Waals surface area contributed by atoms with E-state index in [2.05, 4.69) is 50.1 Å². The first-order valence-corrected chi connectivity index (χ1v) is 8.23. The molecular weight excluding hydrogens is 290 g/mol. The lowest BCUT2D eigenvalue weighted by Gasteiger charge is -2.11. The van der Waals surface area contributed by atoms with Crippen LogP contribution in [0.15, 0.2) is 36.5 Å². The molecule has 1 fully saturated rings. The minimum atomic E-state index is 0.284. The van der Waals surface area contributed by atoms with Crippen LogP contribution >= 0.6 is 0 Å². The Morgan fingerprint density at radius 2 is 2.09 bits per heavy atom. The first-order chi connectivity index (χ1) is 11.4. The first kappa shape index (κ1) is 15.7. The van der Waals surface area contributed by atoms with Crippen LogP contribution in [0.25, 0.3) is 0 Å². The third-order valence-electron chi connectivity index (χ3n) is 3.86. The van der Waals surface area contributed by atoms with Gasteiger partial charge in [-0.15, -0.1) is 5.10 Å². The van der Waals surface area contributed by atoms with E-state index < -0.39 is 0 Å². The second kappa shape index (κ2) is 8.43. The molecule has 1 aromatic carbocycles. The maximum Gasteiger partial charge on any atom is 0.244 e. The highest BCUT2D eigenvalue weighted by molar-refractivity contribution is 5.37. The van der Waals surface area contributed by atoms with Crippen molar-refractivity contribution in [1.82, 2.24) is 15.2 Å². The predicted octanol–water partition coefficient (Wildman–Crippen LogP) is 2.51. The third-order valence-corrected chi connectivity index (χ3v) is 3.86. The average molecular weight is 313 g/mol. The van der Waals surface area contributed by atoms with Crippen molar-refractivity contribution in [3.05, 3.63) is 42.1 Å². The van der Waals surface area contributed by atoms with Gasteiger partial charge in [-0.1, -0.05) is 30.3 Å². The Kier molecular flexibility index (Phi) is 5.75. The highest BCUT2D eigenvalue weighted by Gasteiger charge is 2.15. The summed E-state index contributed by atoms with van der Waals surface area (Å²) in [6.07, 6.45) is 6.24. The van der Waals surface area contributed by atoms with Gasteiger partial charge in [0.1, 0.15) is 0 Å². The van der Waals surface area contributed by atoms with E-state index in [1.807, 2.05) is 6.07 Å². The largest absolute Gasteiger partial charge is 0.376 e. The molecule has 1 aromatic heterocycles. The number of aromatic nitrogens is 3. The molecule has 23 heavy (non-hydrogen) atoms. The molecule has 3 rings (SSSR count).